The van der Waals surface area contributed by atoms with Gasteiger partial charge in [0.25, 0.3) is 0 Å². The summed E-state index contributed by atoms with van der Waals surface area (Å²) in [6, 6.07) is 5.22. The molecule has 0 bridgehead atoms. The predicted molar refractivity (Wildman–Crippen MR) is 74.4 cm³/mol. The van der Waals surface area contributed by atoms with Crippen LogP contribution in [0.15, 0.2) is 23.1 Å². The maximum atomic E-state index is 11.4. The van der Waals surface area contributed by atoms with Gasteiger partial charge in [0.1, 0.15) is 0 Å². The lowest BCUT2D eigenvalue weighted by atomic mass is 10.1. The summed E-state index contributed by atoms with van der Waals surface area (Å²) >= 11 is 0. The summed E-state index contributed by atoms with van der Waals surface area (Å²) in [6.45, 7) is 2.13. The summed E-state index contributed by atoms with van der Waals surface area (Å²) in [6.07, 6.45) is 4.99. The average Bonchev–Trinajstić information content (AvgIpc) is 3.03. The molecule has 1 unspecified atom stereocenters. The second kappa shape index (κ2) is 4.80. The maximum absolute atomic E-state index is 11.4. The largest absolute Gasteiger partial charge is 0.397 e. The molecular weight excluding hydrogens is 248 g/mol. The lowest BCUT2D eigenvalue weighted by Gasteiger charge is -2.17. The first kappa shape index (κ1) is 13.2. The Hall–Kier alpha value is -1.23. The molecule has 1 saturated carbocycles. The van der Waals surface area contributed by atoms with Gasteiger partial charge in [0, 0.05) is 12.3 Å². The fraction of sp³-hybridized carbons (Fsp3) is 0.538. The van der Waals surface area contributed by atoms with E-state index in [0.717, 1.165) is 18.0 Å². The second-order valence-electron chi connectivity index (χ2n) is 5.25. The molecule has 3 N–H and O–H groups in total. The molecule has 1 aromatic carbocycles. The highest BCUT2D eigenvalue weighted by molar-refractivity contribution is 7.90. The molecule has 0 amide bonds. The Kier molecular flexibility index (Phi) is 3.52. The van der Waals surface area contributed by atoms with Gasteiger partial charge in [-0.05, 0) is 37.5 Å². The van der Waals surface area contributed by atoms with Crippen LogP contribution >= 0.6 is 0 Å². The molecule has 100 valence electrons. The molecule has 1 aliphatic carbocycles. The number of hydrogen-bond donors (Lipinski definition) is 2. The molecule has 0 heterocycles. The minimum Gasteiger partial charge on any atom is -0.397 e. The summed E-state index contributed by atoms with van der Waals surface area (Å²) in [5.74, 6) is 0.851. The molecule has 1 aliphatic rings. The van der Waals surface area contributed by atoms with Crippen molar-refractivity contribution in [3.05, 3.63) is 18.2 Å². The zero-order chi connectivity index (χ0) is 13.3. The second-order valence-corrected chi connectivity index (χ2v) is 7.26. The van der Waals surface area contributed by atoms with Gasteiger partial charge in [-0.1, -0.05) is 12.8 Å². The van der Waals surface area contributed by atoms with E-state index in [9.17, 15) is 8.42 Å². The van der Waals surface area contributed by atoms with E-state index in [1.807, 2.05) is 0 Å². The smallest absolute Gasteiger partial charge is 0.175 e. The van der Waals surface area contributed by atoms with Gasteiger partial charge in [-0.3, -0.25) is 0 Å². The van der Waals surface area contributed by atoms with E-state index in [1.165, 1.54) is 25.2 Å². The number of anilines is 2. The van der Waals surface area contributed by atoms with Crippen LogP contribution in [-0.2, 0) is 9.84 Å². The third-order valence-electron chi connectivity index (χ3n) is 3.24. The zero-order valence-corrected chi connectivity index (χ0v) is 11.6. The van der Waals surface area contributed by atoms with Crippen LogP contribution in [0.25, 0.3) is 0 Å². The summed E-state index contributed by atoms with van der Waals surface area (Å²) < 4.78 is 22.8. The predicted octanol–water partition coefficient (Wildman–Crippen LogP) is 2.27. The molecule has 1 aromatic rings. The average molecular weight is 268 g/mol. The Bertz CT molecular complexity index is 536. The van der Waals surface area contributed by atoms with E-state index in [2.05, 4.69) is 12.2 Å². The first-order chi connectivity index (χ1) is 8.36. The molecular formula is C13H20N2O2S. The quantitative estimate of drug-likeness (QED) is 0.804. The van der Waals surface area contributed by atoms with Gasteiger partial charge >= 0.3 is 0 Å². The highest BCUT2D eigenvalue weighted by Crippen LogP contribution is 2.34. The SMILES string of the molecule is CC(CC1CC1)Nc1ccc(S(C)(=O)=O)cc1N. The number of nitrogen functional groups attached to an aromatic ring is 1. The first-order valence-corrected chi connectivity index (χ1v) is 8.11. The van der Waals surface area contributed by atoms with Crippen LogP contribution < -0.4 is 11.1 Å². The Balaban J connectivity index is 2.09. The van der Waals surface area contributed by atoms with Crippen molar-refractivity contribution in [2.75, 3.05) is 17.3 Å². The highest BCUT2D eigenvalue weighted by Gasteiger charge is 2.23. The van der Waals surface area contributed by atoms with Gasteiger partial charge in [-0.2, -0.15) is 0 Å². The monoisotopic (exact) mass is 268 g/mol. The van der Waals surface area contributed by atoms with Gasteiger partial charge in [-0.15, -0.1) is 0 Å². The number of nitrogens with two attached hydrogens (primary N) is 1. The van der Waals surface area contributed by atoms with Crippen molar-refractivity contribution in [1.29, 1.82) is 0 Å². The van der Waals surface area contributed by atoms with Crippen LogP contribution in [0.2, 0.25) is 0 Å². The minimum absolute atomic E-state index is 0.264. The Morgan fingerprint density at radius 1 is 1.44 bits per heavy atom. The van der Waals surface area contributed by atoms with Crippen LogP contribution in [0.3, 0.4) is 0 Å². The molecule has 0 aliphatic heterocycles. The van der Waals surface area contributed by atoms with Crippen LogP contribution in [-0.4, -0.2) is 20.7 Å². The molecule has 4 nitrogen and oxygen atoms in total. The molecule has 1 fully saturated rings. The molecule has 0 spiro atoms. The normalized spacial score (nSPS) is 17.4. The fourth-order valence-corrected chi connectivity index (χ4v) is 2.74. The van der Waals surface area contributed by atoms with Crippen LogP contribution in [0.4, 0.5) is 11.4 Å². The summed E-state index contributed by atoms with van der Waals surface area (Å²) in [5, 5.41) is 3.34. The molecule has 1 atom stereocenters. The summed E-state index contributed by atoms with van der Waals surface area (Å²) in [7, 11) is -3.19. The standard InChI is InChI=1S/C13H20N2O2S/c1-9(7-10-3-4-10)15-13-6-5-11(8-12(13)14)18(2,16)17/h5-6,8-10,15H,3-4,7,14H2,1-2H3. The Morgan fingerprint density at radius 2 is 2.11 bits per heavy atom. The van der Waals surface area contributed by atoms with E-state index in [0.29, 0.717) is 11.7 Å². The zero-order valence-electron chi connectivity index (χ0n) is 10.8. The maximum Gasteiger partial charge on any atom is 0.175 e. The molecule has 0 radical (unpaired) electrons. The van der Waals surface area contributed by atoms with Crippen molar-refractivity contribution in [3.63, 3.8) is 0 Å². The van der Waals surface area contributed by atoms with Crippen molar-refractivity contribution in [1.82, 2.24) is 0 Å². The van der Waals surface area contributed by atoms with Gasteiger partial charge in [0.05, 0.1) is 16.3 Å². The molecule has 5 heteroatoms. The lowest BCUT2D eigenvalue weighted by molar-refractivity contribution is 0.602. The number of benzene rings is 1. The number of nitrogens with one attached hydrogen (secondary N) is 1. The number of sulfone groups is 1. The van der Waals surface area contributed by atoms with E-state index < -0.39 is 9.84 Å². The fourth-order valence-electron chi connectivity index (χ4n) is 2.08. The lowest BCUT2D eigenvalue weighted by Crippen LogP contribution is -2.17. The van der Waals surface area contributed by atoms with Gasteiger partial charge < -0.3 is 11.1 Å². The van der Waals surface area contributed by atoms with Crippen molar-refractivity contribution in [3.8, 4) is 0 Å². The van der Waals surface area contributed by atoms with E-state index >= 15 is 0 Å². The first-order valence-electron chi connectivity index (χ1n) is 6.22. The van der Waals surface area contributed by atoms with Crippen LogP contribution in [0.5, 0.6) is 0 Å². The topological polar surface area (TPSA) is 72.2 Å². The Labute approximate surface area is 108 Å². The Morgan fingerprint density at radius 3 is 2.61 bits per heavy atom. The summed E-state index contributed by atoms with van der Waals surface area (Å²) in [5.41, 5.74) is 7.19. The molecule has 18 heavy (non-hydrogen) atoms. The van der Waals surface area contributed by atoms with Crippen LogP contribution in [0.1, 0.15) is 26.2 Å². The third kappa shape index (κ3) is 3.38. The van der Waals surface area contributed by atoms with E-state index in [4.69, 9.17) is 5.73 Å². The summed E-state index contributed by atoms with van der Waals surface area (Å²) in [4.78, 5) is 0.264. The van der Waals surface area contributed by atoms with E-state index in [-0.39, 0.29) is 4.90 Å². The van der Waals surface area contributed by atoms with Gasteiger partial charge in [0.2, 0.25) is 0 Å². The molecule has 0 aromatic heterocycles. The minimum atomic E-state index is -3.19. The number of hydrogen-bond acceptors (Lipinski definition) is 4. The van der Waals surface area contributed by atoms with Crippen molar-refractivity contribution < 1.29 is 8.42 Å². The third-order valence-corrected chi connectivity index (χ3v) is 4.35. The number of rotatable bonds is 5. The van der Waals surface area contributed by atoms with Gasteiger partial charge in [-0.25, -0.2) is 8.42 Å². The van der Waals surface area contributed by atoms with Gasteiger partial charge in [0.15, 0.2) is 9.84 Å². The van der Waals surface area contributed by atoms with Crippen molar-refractivity contribution in [2.45, 2.75) is 37.1 Å². The van der Waals surface area contributed by atoms with Crippen molar-refractivity contribution >= 4 is 21.2 Å². The molecule has 0 saturated heterocycles. The van der Waals surface area contributed by atoms with Crippen LogP contribution in [0, 0.1) is 5.92 Å². The molecule has 2 rings (SSSR count). The van der Waals surface area contributed by atoms with E-state index in [1.54, 1.807) is 12.1 Å². The highest BCUT2D eigenvalue weighted by atomic mass is 32.2. The van der Waals surface area contributed by atoms with Crippen molar-refractivity contribution in [2.24, 2.45) is 5.92 Å².